The summed E-state index contributed by atoms with van der Waals surface area (Å²) in [5, 5.41) is 3.06. The first kappa shape index (κ1) is 77.0. The molecule has 0 saturated carbocycles. The van der Waals surface area contributed by atoms with Crippen LogP contribution in [-0.4, -0.2) is 74.3 Å². The van der Waals surface area contributed by atoms with Gasteiger partial charge in [0.15, 0.2) is 0 Å². The quantitative estimate of drug-likeness (QED) is 0.0205. The number of quaternary nitrogens is 1. The lowest BCUT2D eigenvalue weighted by Crippen LogP contribution is -2.47. The normalized spacial score (nSPS) is 13.9. The van der Waals surface area contributed by atoms with Gasteiger partial charge < -0.3 is 19.4 Å². The zero-order valence-electron chi connectivity index (χ0n) is 53.1. The maximum atomic E-state index is 13.6. The Morgan fingerprint density at radius 2 is 0.772 bits per heavy atom. The third kappa shape index (κ3) is 60.4. The van der Waals surface area contributed by atoms with E-state index in [0.29, 0.717) is 23.9 Å². The molecule has 0 heterocycles. The Bertz CT molecular complexity index is 1490. The van der Waals surface area contributed by atoms with Crippen molar-refractivity contribution in [2.24, 2.45) is 0 Å². The molecule has 3 atom stereocenters. The molecule has 0 spiro atoms. The number of likely N-dealkylation sites (N-methyl/N-ethyl adjacent to an activating group) is 1. The monoisotopic (exact) mass is 1130 g/mol. The van der Waals surface area contributed by atoms with Crippen molar-refractivity contribution >= 4 is 19.7 Å². The number of hydrogen-bond acceptors (Lipinski definition) is 6. The molecule has 464 valence electrons. The van der Waals surface area contributed by atoms with Crippen LogP contribution in [-0.2, 0) is 27.9 Å². The fraction of sp³-hybridized carbons (Fsp3) is 0.855. The predicted molar refractivity (Wildman–Crippen MR) is 342 cm³/mol. The first-order chi connectivity index (χ1) is 38.4. The number of carbonyl (C=O) groups is 2. The van der Waals surface area contributed by atoms with Crippen LogP contribution in [0, 0.1) is 0 Å². The van der Waals surface area contributed by atoms with E-state index in [1.165, 1.54) is 212 Å². The topological polar surface area (TPSA) is 111 Å². The van der Waals surface area contributed by atoms with Crippen molar-refractivity contribution in [2.75, 3.05) is 40.9 Å². The fourth-order valence-corrected chi connectivity index (χ4v) is 10.7. The number of carbonyl (C=O) groups excluding carboxylic acids is 2. The van der Waals surface area contributed by atoms with Crippen molar-refractivity contribution in [2.45, 2.75) is 341 Å². The second kappa shape index (κ2) is 59.1. The molecule has 9 nitrogen and oxygen atoms in total. The number of hydrogen-bond donors (Lipinski definition) is 2. The van der Waals surface area contributed by atoms with Gasteiger partial charge in [-0.05, 0) is 70.3 Å². The number of nitrogens with zero attached hydrogens (tertiary/aromatic N) is 1. The highest BCUT2D eigenvalue weighted by Gasteiger charge is 2.30. The Kier molecular flexibility index (Phi) is 57.6. The first-order valence-electron chi connectivity index (χ1n) is 34.0. The number of amides is 1. The molecule has 10 heteroatoms. The van der Waals surface area contributed by atoms with Gasteiger partial charge in [0.25, 0.3) is 0 Å². The highest BCUT2D eigenvalue weighted by molar-refractivity contribution is 7.47. The maximum absolute atomic E-state index is 13.6. The standard InChI is InChI=1S/C69H131N2O7P/c1-7-10-13-16-19-22-25-27-29-31-32-33-34-35-36-37-38-40-41-43-46-49-52-55-58-61-68(72)70-66(65-77-79(74,75)76-64-63-71(4,5)6)67(60-57-54-51-48-45-24-21-18-15-12-9-3)78-69(73)62-59-56-53-50-47-44-42-39-30-28-26-23-20-17-14-11-8-2/h20,23,28,30,42,44,57,60,66-67H,7-19,21-22,24-27,29,31-41,43,45-56,58-59,61-65H2,1-6H3,(H-,70,72,74,75)/p+1/b23-20-,30-28-,44-42-,60-57-. The molecule has 0 saturated heterocycles. The molecule has 0 fully saturated rings. The third-order valence-electron chi connectivity index (χ3n) is 15.3. The summed E-state index contributed by atoms with van der Waals surface area (Å²) < 4.78 is 30.7. The van der Waals surface area contributed by atoms with Crippen LogP contribution in [0.2, 0.25) is 0 Å². The summed E-state index contributed by atoms with van der Waals surface area (Å²) in [6.45, 7) is 7.01. The molecule has 2 N–H and O–H groups in total. The van der Waals surface area contributed by atoms with Crippen molar-refractivity contribution in [1.29, 1.82) is 0 Å². The molecular formula is C69H132N2O7P+. The zero-order valence-corrected chi connectivity index (χ0v) is 54.0. The van der Waals surface area contributed by atoms with E-state index >= 15 is 0 Å². The largest absolute Gasteiger partial charge is 0.472 e. The number of esters is 1. The zero-order chi connectivity index (χ0) is 57.9. The number of phosphoric ester groups is 1. The van der Waals surface area contributed by atoms with Gasteiger partial charge >= 0.3 is 13.8 Å². The number of allylic oxidation sites excluding steroid dienone is 7. The molecule has 0 aliphatic rings. The smallest absolute Gasteiger partial charge is 0.456 e. The predicted octanol–water partition coefficient (Wildman–Crippen LogP) is 21.2. The van der Waals surface area contributed by atoms with Crippen molar-refractivity contribution in [3.05, 3.63) is 48.6 Å². The average molecular weight is 1130 g/mol. The first-order valence-corrected chi connectivity index (χ1v) is 35.5. The molecule has 0 aromatic carbocycles. The summed E-state index contributed by atoms with van der Waals surface area (Å²) in [6.07, 6.45) is 74.1. The minimum Gasteiger partial charge on any atom is -0.456 e. The highest BCUT2D eigenvalue weighted by Crippen LogP contribution is 2.43. The summed E-state index contributed by atoms with van der Waals surface area (Å²) in [5.41, 5.74) is 0. The summed E-state index contributed by atoms with van der Waals surface area (Å²) in [4.78, 5) is 37.8. The van der Waals surface area contributed by atoms with Crippen LogP contribution >= 0.6 is 7.82 Å². The average Bonchev–Trinajstić information content (AvgIpc) is 3.41. The molecule has 0 aliphatic carbocycles. The minimum absolute atomic E-state index is 0.0376. The lowest BCUT2D eigenvalue weighted by molar-refractivity contribution is -0.870. The number of phosphoric acid groups is 1. The molecular weight excluding hydrogens is 1000 g/mol. The Balaban J connectivity index is 5.05. The second-order valence-electron chi connectivity index (χ2n) is 24.4. The van der Waals surface area contributed by atoms with Gasteiger partial charge in [0, 0.05) is 12.8 Å². The molecule has 79 heavy (non-hydrogen) atoms. The van der Waals surface area contributed by atoms with Gasteiger partial charge in [0.2, 0.25) is 5.91 Å². The lowest BCUT2D eigenvalue weighted by Gasteiger charge is -2.27. The van der Waals surface area contributed by atoms with E-state index in [4.69, 9.17) is 13.8 Å². The van der Waals surface area contributed by atoms with E-state index < -0.39 is 20.0 Å². The maximum Gasteiger partial charge on any atom is 0.472 e. The Hall–Kier alpha value is -2.03. The van der Waals surface area contributed by atoms with Crippen LogP contribution < -0.4 is 5.32 Å². The highest BCUT2D eigenvalue weighted by atomic mass is 31.2. The van der Waals surface area contributed by atoms with Crippen LogP contribution in [0.25, 0.3) is 0 Å². The van der Waals surface area contributed by atoms with Crippen LogP contribution in [0.4, 0.5) is 0 Å². The Labute approximate surface area is 490 Å². The summed E-state index contributed by atoms with van der Waals surface area (Å²) in [6, 6.07) is -0.855. The molecule has 0 rings (SSSR count). The number of unbranched alkanes of at least 4 members (excludes halogenated alkanes) is 40. The molecule has 3 unspecified atom stereocenters. The Morgan fingerprint density at radius 1 is 0.443 bits per heavy atom. The second-order valence-corrected chi connectivity index (χ2v) is 25.8. The van der Waals surface area contributed by atoms with Crippen molar-refractivity contribution in [1.82, 2.24) is 5.32 Å². The van der Waals surface area contributed by atoms with Crippen molar-refractivity contribution in [3.63, 3.8) is 0 Å². The van der Waals surface area contributed by atoms with Gasteiger partial charge in [-0.25, -0.2) is 4.57 Å². The summed E-state index contributed by atoms with van der Waals surface area (Å²) >= 11 is 0. The van der Waals surface area contributed by atoms with E-state index in [1.807, 2.05) is 33.3 Å². The van der Waals surface area contributed by atoms with Gasteiger partial charge in [-0.1, -0.05) is 294 Å². The number of nitrogens with one attached hydrogen (secondary N) is 1. The SMILES string of the molecule is CCCCC/C=C\C/C=C\C/C=C\CCCCCCC(=O)OC(/C=C\CCCCCCCCCCC)C(COP(=O)(O)OCC[N+](C)(C)C)NC(=O)CCCCCCCCCCCCCCCCCCCCCCCCCCC. The Morgan fingerprint density at radius 3 is 1.18 bits per heavy atom. The van der Waals surface area contributed by atoms with Crippen LogP contribution in [0.3, 0.4) is 0 Å². The van der Waals surface area contributed by atoms with E-state index in [0.717, 1.165) is 77.0 Å². The van der Waals surface area contributed by atoms with Gasteiger partial charge in [-0.2, -0.15) is 0 Å². The van der Waals surface area contributed by atoms with Crippen LogP contribution in [0.15, 0.2) is 48.6 Å². The third-order valence-corrected chi connectivity index (χ3v) is 16.3. The van der Waals surface area contributed by atoms with Gasteiger partial charge in [0.1, 0.15) is 19.3 Å². The number of rotatable bonds is 62. The molecule has 1 amide bonds. The fourth-order valence-electron chi connectivity index (χ4n) is 10.0. The molecule has 0 aliphatic heterocycles. The summed E-state index contributed by atoms with van der Waals surface area (Å²) in [5.74, 6) is -0.517. The molecule has 0 radical (unpaired) electrons. The summed E-state index contributed by atoms with van der Waals surface area (Å²) in [7, 11) is 1.49. The van der Waals surface area contributed by atoms with E-state index in [-0.39, 0.29) is 31.5 Å². The van der Waals surface area contributed by atoms with E-state index in [9.17, 15) is 19.0 Å². The minimum atomic E-state index is -4.45. The van der Waals surface area contributed by atoms with E-state index in [2.05, 4.69) is 62.5 Å². The molecule has 0 bridgehead atoms. The van der Waals surface area contributed by atoms with Crippen molar-refractivity contribution in [3.8, 4) is 0 Å². The van der Waals surface area contributed by atoms with Crippen molar-refractivity contribution < 1.29 is 37.3 Å². The molecule has 0 aromatic rings. The van der Waals surface area contributed by atoms with E-state index in [1.54, 1.807) is 0 Å². The molecule has 0 aromatic heterocycles. The van der Waals surface area contributed by atoms with Gasteiger partial charge in [0.05, 0.1) is 33.8 Å². The number of ether oxygens (including phenoxy) is 1. The van der Waals surface area contributed by atoms with Crippen LogP contribution in [0.5, 0.6) is 0 Å². The van der Waals surface area contributed by atoms with Crippen LogP contribution in [0.1, 0.15) is 329 Å². The van der Waals surface area contributed by atoms with Gasteiger partial charge in [-0.15, -0.1) is 0 Å². The lowest BCUT2D eigenvalue weighted by atomic mass is 10.0. The van der Waals surface area contributed by atoms with Gasteiger partial charge in [-0.3, -0.25) is 18.6 Å².